The van der Waals surface area contributed by atoms with Crippen molar-refractivity contribution in [2.75, 3.05) is 12.1 Å². The molecule has 2 aromatic rings. The molecule has 2 N–H and O–H groups in total. The third-order valence-corrected chi connectivity index (χ3v) is 5.83. The smallest absolute Gasteiger partial charge is 0.248 e. The first-order valence-corrected chi connectivity index (χ1v) is 10.4. The molecule has 0 saturated carbocycles. The maximum atomic E-state index is 12.2. The zero-order valence-corrected chi connectivity index (χ0v) is 16.5. The molecule has 1 aliphatic heterocycles. The van der Waals surface area contributed by atoms with Crippen LogP contribution in [0.25, 0.3) is 6.08 Å². The van der Waals surface area contributed by atoms with Gasteiger partial charge in [0.05, 0.1) is 4.90 Å². The molecular formula is C20H22N2O5S. The number of amides is 1. The molecule has 1 amide bonds. The number of hydrogen-bond acceptors (Lipinski definition) is 5. The largest absolute Gasteiger partial charge is 0.454 e. The SMILES string of the molecule is CCC(C)NS(=O)(=O)c1ccc(NC(=O)/C=C/c2ccc3c(c2)OCO3)cc1. The molecule has 0 fully saturated rings. The van der Waals surface area contributed by atoms with Crippen molar-refractivity contribution < 1.29 is 22.7 Å². The molecular weight excluding hydrogens is 380 g/mol. The zero-order valence-electron chi connectivity index (χ0n) is 15.6. The predicted octanol–water partition coefficient (Wildman–Crippen LogP) is 3.14. The van der Waals surface area contributed by atoms with Crippen LogP contribution in [0.4, 0.5) is 5.69 Å². The van der Waals surface area contributed by atoms with Crippen LogP contribution in [0.2, 0.25) is 0 Å². The van der Waals surface area contributed by atoms with Gasteiger partial charge in [0, 0.05) is 17.8 Å². The fourth-order valence-corrected chi connectivity index (χ4v) is 3.83. The second-order valence-electron chi connectivity index (χ2n) is 6.39. The van der Waals surface area contributed by atoms with Gasteiger partial charge in [0.15, 0.2) is 11.5 Å². The summed E-state index contributed by atoms with van der Waals surface area (Å²) in [5, 5.41) is 2.70. The minimum atomic E-state index is -3.57. The van der Waals surface area contributed by atoms with Crippen molar-refractivity contribution in [2.45, 2.75) is 31.2 Å². The van der Waals surface area contributed by atoms with Crippen LogP contribution < -0.4 is 19.5 Å². The van der Waals surface area contributed by atoms with Crippen molar-refractivity contribution in [2.24, 2.45) is 0 Å². The molecule has 0 radical (unpaired) electrons. The Morgan fingerprint density at radius 1 is 1.14 bits per heavy atom. The molecule has 1 atom stereocenters. The molecule has 0 bridgehead atoms. The van der Waals surface area contributed by atoms with E-state index in [1.54, 1.807) is 37.3 Å². The highest BCUT2D eigenvalue weighted by Crippen LogP contribution is 2.32. The lowest BCUT2D eigenvalue weighted by Gasteiger charge is -2.12. The topological polar surface area (TPSA) is 93.7 Å². The van der Waals surface area contributed by atoms with E-state index in [1.807, 2.05) is 13.0 Å². The molecule has 28 heavy (non-hydrogen) atoms. The van der Waals surface area contributed by atoms with E-state index in [1.165, 1.54) is 18.2 Å². The standard InChI is InChI=1S/C20H22N2O5S/c1-3-14(2)22-28(24,25)17-8-6-16(7-9-17)21-20(23)11-5-15-4-10-18-19(12-15)27-13-26-18/h4-12,14,22H,3,13H2,1-2H3,(H,21,23)/b11-5+. The van der Waals surface area contributed by atoms with Gasteiger partial charge in [0.2, 0.25) is 22.7 Å². The van der Waals surface area contributed by atoms with Crippen LogP contribution in [-0.4, -0.2) is 27.2 Å². The summed E-state index contributed by atoms with van der Waals surface area (Å²) in [6.45, 7) is 3.91. The molecule has 3 rings (SSSR count). The average Bonchev–Trinajstić information content (AvgIpc) is 3.14. The summed E-state index contributed by atoms with van der Waals surface area (Å²) in [7, 11) is -3.57. The first kappa shape index (κ1) is 19.9. The minimum absolute atomic E-state index is 0.148. The van der Waals surface area contributed by atoms with E-state index in [0.29, 0.717) is 23.6 Å². The van der Waals surface area contributed by atoms with E-state index < -0.39 is 10.0 Å². The van der Waals surface area contributed by atoms with Crippen molar-refractivity contribution in [3.8, 4) is 11.5 Å². The molecule has 8 heteroatoms. The van der Waals surface area contributed by atoms with Gasteiger partial charge in [-0.15, -0.1) is 0 Å². The Hall–Kier alpha value is -2.84. The molecule has 7 nitrogen and oxygen atoms in total. The molecule has 148 valence electrons. The normalized spacial score (nSPS) is 14.2. The van der Waals surface area contributed by atoms with Crippen LogP contribution in [0.5, 0.6) is 11.5 Å². The van der Waals surface area contributed by atoms with Crippen LogP contribution in [0.15, 0.2) is 53.4 Å². The van der Waals surface area contributed by atoms with Crippen LogP contribution >= 0.6 is 0 Å². The molecule has 0 aliphatic carbocycles. The maximum Gasteiger partial charge on any atom is 0.248 e. The molecule has 0 spiro atoms. The average molecular weight is 402 g/mol. The summed E-state index contributed by atoms with van der Waals surface area (Å²) in [5.41, 5.74) is 1.31. The summed E-state index contributed by atoms with van der Waals surface area (Å²) in [6, 6.07) is 11.3. The van der Waals surface area contributed by atoms with Gasteiger partial charge in [-0.3, -0.25) is 4.79 Å². The number of ether oxygens (including phenoxy) is 2. The fourth-order valence-electron chi connectivity index (χ4n) is 2.51. The summed E-state index contributed by atoms with van der Waals surface area (Å²) >= 11 is 0. The highest BCUT2D eigenvalue weighted by atomic mass is 32.2. The van der Waals surface area contributed by atoms with Crippen molar-refractivity contribution in [1.29, 1.82) is 0 Å². The van der Waals surface area contributed by atoms with Crippen molar-refractivity contribution in [3.05, 3.63) is 54.1 Å². The Morgan fingerprint density at radius 3 is 2.57 bits per heavy atom. The van der Waals surface area contributed by atoms with Gasteiger partial charge in [-0.05, 0) is 61.4 Å². The number of carbonyl (C=O) groups excluding carboxylic acids is 1. The van der Waals surface area contributed by atoms with E-state index in [0.717, 1.165) is 5.56 Å². The highest BCUT2D eigenvalue weighted by Gasteiger charge is 2.16. The summed E-state index contributed by atoms with van der Waals surface area (Å²) in [5.74, 6) is 0.996. The Bertz CT molecular complexity index is 984. The van der Waals surface area contributed by atoms with Gasteiger partial charge >= 0.3 is 0 Å². The van der Waals surface area contributed by atoms with E-state index in [9.17, 15) is 13.2 Å². The van der Waals surface area contributed by atoms with Gasteiger partial charge in [0.1, 0.15) is 0 Å². The van der Waals surface area contributed by atoms with Gasteiger partial charge in [-0.1, -0.05) is 13.0 Å². The maximum absolute atomic E-state index is 12.2. The number of hydrogen-bond donors (Lipinski definition) is 2. The monoisotopic (exact) mass is 402 g/mol. The van der Waals surface area contributed by atoms with Crippen LogP contribution in [-0.2, 0) is 14.8 Å². The number of carbonyl (C=O) groups is 1. The van der Waals surface area contributed by atoms with E-state index in [4.69, 9.17) is 9.47 Å². The molecule has 1 heterocycles. The van der Waals surface area contributed by atoms with Crippen molar-refractivity contribution in [1.82, 2.24) is 4.72 Å². The lowest BCUT2D eigenvalue weighted by Crippen LogP contribution is -2.31. The van der Waals surface area contributed by atoms with Crippen molar-refractivity contribution in [3.63, 3.8) is 0 Å². The third kappa shape index (κ3) is 4.90. The summed E-state index contributed by atoms with van der Waals surface area (Å²) < 4.78 is 37.6. The van der Waals surface area contributed by atoms with Crippen LogP contribution in [0.3, 0.4) is 0 Å². The number of benzene rings is 2. The number of rotatable bonds is 7. The highest BCUT2D eigenvalue weighted by molar-refractivity contribution is 7.89. The molecule has 0 aromatic heterocycles. The Labute approximate surface area is 164 Å². The predicted molar refractivity (Wildman–Crippen MR) is 107 cm³/mol. The fraction of sp³-hybridized carbons (Fsp3) is 0.250. The molecule has 0 saturated heterocycles. The van der Waals surface area contributed by atoms with Crippen molar-refractivity contribution >= 4 is 27.7 Å². The Kier molecular flexibility index (Phi) is 6.01. The lowest BCUT2D eigenvalue weighted by atomic mass is 10.2. The van der Waals surface area contributed by atoms with Gasteiger partial charge in [-0.2, -0.15) is 0 Å². The number of sulfonamides is 1. The summed E-state index contributed by atoms with van der Waals surface area (Å²) in [4.78, 5) is 12.3. The Morgan fingerprint density at radius 2 is 1.86 bits per heavy atom. The first-order chi connectivity index (χ1) is 13.4. The Balaban J connectivity index is 1.61. The first-order valence-electron chi connectivity index (χ1n) is 8.88. The van der Waals surface area contributed by atoms with E-state index >= 15 is 0 Å². The van der Waals surface area contributed by atoms with Gasteiger partial charge in [0.25, 0.3) is 0 Å². The summed E-state index contributed by atoms with van der Waals surface area (Å²) in [6.07, 6.45) is 3.75. The van der Waals surface area contributed by atoms with E-state index in [2.05, 4.69) is 10.0 Å². The lowest BCUT2D eigenvalue weighted by molar-refractivity contribution is -0.111. The van der Waals surface area contributed by atoms with Gasteiger partial charge in [-0.25, -0.2) is 13.1 Å². The molecule has 1 unspecified atom stereocenters. The van der Waals surface area contributed by atoms with Crippen LogP contribution in [0.1, 0.15) is 25.8 Å². The van der Waals surface area contributed by atoms with Crippen LogP contribution in [0, 0.1) is 0 Å². The van der Waals surface area contributed by atoms with Gasteiger partial charge < -0.3 is 14.8 Å². The second-order valence-corrected chi connectivity index (χ2v) is 8.10. The zero-order chi connectivity index (χ0) is 20.1. The van der Waals surface area contributed by atoms with E-state index in [-0.39, 0.29) is 23.6 Å². The minimum Gasteiger partial charge on any atom is -0.454 e. The number of fused-ring (bicyclic) bond motifs is 1. The molecule has 1 aliphatic rings. The number of nitrogens with one attached hydrogen (secondary N) is 2. The molecule has 2 aromatic carbocycles. The third-order valence-electron chi connectivity index (χ3n) is 4.22. The quantitative estimate of drug-likeness (QED) is 0.694. The second kappa shape index (κ2) is 8.45. The number of anilines is 1.